The third kappa shape index (κ3) is 2.48. The maximum atomic E-state index is 10.8. The van der Waals surface area contributed by atoms with Crippen LogP contribution in [0.1, 0.15) is 28.5 Å². The third-order valence-corrected chi connectivity index (χ3v) is 4.07. The Bertz CT molecular complexity index is 646. The van der Waals surface area contributed by atoms with Gasteiger partial charge >= 0.3 is 5.97 Å². The van der Waals surface area contributed by atoms with Crippen LogP contribution in [0.15, 0.2) is 33.3 Å². The lowest BCUT2D eigenvalue weighted by atomic mass is 9.97. The van der Waals surface area contributed by atoms with Crippen LogP contribution in [0.25, 0.3) is 11.3 Å². The van der Waals surface area contributed by atoms with Crippen LogP contribution in [0.3, 0.4) is 0 Å². The summed E-state index contributed by atoms with van der Waals surface area (Å²) in [6.07, 6.45) is 1.02. The van der Waals surface area contributed by atoms with E-state index in [1.807, 2.05) is 18.2 Å². The molecular weight excluding hydrogens is 326 g/mol. The topological polar surface area (TPSA) is 72.6 Å². The summed E-state index contributed by atoms with van der Waals surface area (Å²) in [7, 11) is 0. The minimum atomic E-state index is -1.12. The average Bonchev–Trinajstić information content (AvgIpc) is 3.10. The first-order valence-electron chi connectivity index (χ1n) is 6.22. The van der Waals surface area contributed by atoms with Gasteiger partial charge in [0, 0.05) is 28.6 Å². The average molecular weight is 338 g/mol. The minimum Gasteiger partial charge on any atom is -0.475 e. The number of carboxylic acid groups (broad SMARTS) is 1. The zero-order chi connectivity index (χ0) is 14.1. The lowest BCUT2D eigenvalue weighted by Crippen LogP contribution is -1.98. The number of nitrogens with zero attached hydrogens (tertiary/aromatic N) is 1. The maximum absolute atomic E-state index is 10.8. The summed E-state index contributed by atoms with van der Waals surface area (Å²) in [5.74, 6) is -0.878. The van der Waals surface area contributed by atoms with Crippen LogP contribution < -0.4 is 0 Å². The molecule has 1 aliphatic rings. The summed E-state index contributed by atoms with van der Waals surface area (Å²) in [6, 6.07) is 7.29. The molecule has 3 rings (SSSR count). The second-order valence-corrected chi connectivity index (χ2v) is 5.53. The summed E-state index contributed by atoms with van der Waals surface area (Å²) in [6.45, 7) is 1.54. The van der Waals surface area contributed by atoms with Gasteiger partial charge in [-0.1, -0.05) is 33.2 Å². The molecule has 0 aliphatic carbocycles. The fourth-order valence-corrected chi connectivity index (χ4v) is 3.01. The van der Waals surface area contributed by atoms with Crippen molar-refractivity contribution in [2.75, 3.05) is 13.2 Å². The largest absolute Gasteiger partial charge is 0.475 e. The van der Waals surface area contributed by atoms with E-state index in [-0.39, 0.29) is 5.76 Å². The molecule has 1 aromatic heterocycles. The van der Waals surface area contributed by atoms with E-state index in [0.717, 1.165) is 29.7 Å². The Morgan fingerprint density at radius 2 is 2.25 bits per heavy atom. The van der Waals surface area contributed by atoms with Crippen LogP contribution in [-0.4, -0.2) is 29.4 Å². The molecule has 0 spiro atoms. The van der Waals surface area contributed by atoms with Gasteiger partial charge in [0.15, 0.2) is 0 Å². The second kappa shape index (κ2) is 5.38. The summed E-state index contributed by atoms with van der Waals surface area (Å²) in [5, 5.41) is 12.6. The highest BCUT2D eigenvalue weighted by atomic mass is 79.9. The Morgan fingerprint density at radius 1 is 1.40 bits per heavy atom. The Morgan fingerprint density at radius 3 is 2.85 bits per heavy atom. The van der Waals surface area contributed by atoms with E-state index in [0.29, 0.717) is 11.6 Å². The molecule has 6 heteroatoms. The summed E-state index contributed by atoms with van der Waals surface area (Å²) < 4.78 is 11.1. The standard InChI is InChI=1S/C14H12BrNO4/c15-11-5-8(12-6-13(14(17)18)20-16-12)1-2-10(11)9-3-4-19-7-9/h1-2,5-6,9H,3-4,7H2,(H,17,18). The molecule has 1 N–H and O–H groups in total. The van der Waals surface area contributed by atoms with Gasteiger partial charge in [-0.3, -0.25) is 0 Å². The van der Waals surface area contributed by atoms with E-state index in [1.54, 1.807) is 0 Å². The van der Waals surface area contributed by atoms with E-state index in [4.69, 9.17) is 14.4 Å². The zero-order valence-corrected chi connectivity index (χ0v) is 12.1. The number of carboxylic acids is 1. The number of halogens is 1. The molecule has 1 unspecified atom stereocenters. The van der Waals surface area contributed by atoms with Crippen molar-refractivity contribution >= 4 is 21.9 Å². The van der Waals surface area contributed by atoms with Crippen LogP contribution in [0.4, 0.5) is 0 Å². The number of carbonyl (C=O) groups is 1. The molecule has 1 atom stereocenters. The highest BCUT2D eigenvalue weighted by molar-refractivity contribution is 9.10. The first kappa shape index (κ1) is 13.3. The lowest BCUT2D eigenvalue weighted by Gasteiger charge is -2.11. The molecule has 2 aromatic rings. The van der Waals surface area contributed by atoms with Crippen LogP contribution in [-0.2, 0) is 4.74 Å². The van der Waals surface area contributed by atoms with Gasteiger partial charge in [0.2, 0.25) is 5.76 Å². The Hall–Kier alpha value is -1.66. The predicted octanol–water partition coefficient (Wildman–Crippen LogP) is 3.31. The molecule has 104 valence electrons. The SMILES string of the molecule is O=C(O)c1cc(-c2ccc(C3CCOC3)c(Br)c2)no1. The molecule has 20 heavy (non-hydrogen) atoms. The van der Waals surface area contributed by atoms with Crippen molar-refractivity contribution in [2.45, 2.75) is 12.3 Å². The van der Waals surface area contributed by atoms with E-state index in [2.05, 4.69) is 21.1 Å². The van der Waals surface area contributed by atoms with Gasteiger partial charge < -0.3 is 14.4 Å². The highest BCUT2D eigenvalue weighted by Crippen LogP contribution is 2.33. The smallest absolute Gasteiger partial charge is 0.374 e. The Kier molecular flexibility index (Phi) is 3.58. The molecule has 1 saturated heterocycles. The number of hydrogen-bond donors (Lipinski definition) is 1. The predicted molar refractivity (Wildman–Crippen MR) is 74.8 cm³/mol. The van der Waals surface area contributed by atoms with E-state index < -0.39 is 5.97 Å². The Balaban J connectivity index is 1.90. The number of rotatable bonds is 3. The second-order valence-electron chi connectivity index (χ2n) is 4.68. The van der Waals surface area contributed by atoms with Crippen molar-refractivity contribution in [1.29, 1.82) is 0 Å². The Labute approximate surface area is 123 Å². The van der Waals surface area contributed by atoms with E-state index >= 15 is 0 Å². The van der Waals surface area contributed by atoms with Crippen molar-refractivity contribution in [2.24, 2.45) is 0 Å². The van der Waals surface area contributed by atoms with Crippen molar-refractivity contribution in [3.8, 4) is 11.3 Å². The normalized spacial score (nSPS) is 18.4. The van der Waals surface area contributed by atoms with E-state index in [9.17, 15) is 4.79 Å². The molecule has 5 nitrogen and oxygen atoms in total. The van der Waals surface area contributed by atoms with Gasteiger partial charge in [-0.2, -0.15) is 0 Å². The fraction of sp³-hybridized carbons (Fsp3) is 0.286. The molecule has 0 amide bonds. The molecule has 1 aliphatic heterocycles. The summed E-state index contributed by atoms with van der Waals surface area (Å²) >= 11 is 3.56. The van der Waals surface area contributed by atoms with Crippen LogP contribution >= 0.6 is 15.9 Å². The zero-order valence-electron chi connectivity index (χ0n) is 10.5. The molecular formula is C14H12BrNO4. The van der Waals surface area contributed by atoms with Crippen LogP contribution in [0, 0.1) is 0 Å². The van der Waals surface area contributed by atoms with Gasteiger partial charge in [-0.05, 0) is 18.1 Å². The highest BCUT2D eigenvalue weighted by Gasteiger charge is 2.21. The van der Waals surface area contributed by atoms with Gasteiger partial charge in [0.1, 0.15) is 5.69 Å². The van der Waals surface area contributed by atoms with Gasteiger partial charge in [-0.15, -0.1) is 0 Å². The third-order valence-electron chi connectivity index (χ3n) is 3.39. The quantitative estimate of drug-likeness (QED) is 0.930. The number of aromatic carboxylic acids is 1. The van der Waals surface area contributed by atoms with Gasteiger partial charge in [0.05, 0.1) is 6.61 Å². The monoisotopic (exact) mass is 337 g/mol. The lowest BCUT2D eigenvalue weighted by molar-refractivity contribution is 0.0652. The maximum Gasteiger partial charge on any atom is 0.374 e. The molecule has 0 radical (unpaired) electrons. The molecule has 1 aromatic carbocycles. The van der Waals surface area contributed by atoms with Crippen molar-refractivity contribution in [3.05, 3.63) is 40.1 Å². The number of ether oxygens (including phenoxy) is 1. The van der Waals surface area contributed by atoms with Crippen molar-refractivity contribution < 1.29 is 19.2 Å². The first-order chi connectivity index (χ1) is 9.65. The molecule has 1 fully saturated rings. The number of benzene rings is 1. The number of hydrogen-bond acceptors (Lipinski definition) is 4. The van der Waals surface area contributed by atoms with Gasteiger partial charge in [0.25, 0.3) is 0 Å². The van der Waals surface area contributed by atoms with Gasteiger partial charge in [-0.25, -0.2) is 4.79 Å². The number of aromatic nitrogens is 1. The summed E-state index contributed by atoms with van der Waals surface area (Å²) in [4.78, 5) is 10.8. The molecule has 0 saturated carbocycles. The van der Waals surface area contributed by atoms with Crippen LogP contribution in [0.5, 0.6) is 0 Å². The fourth-order valence-electron chi connectivity index (χ4n) is 2.31. The van der Waals surface area contributed by atoms with Crippen molar-refractivity contribution in [1.82, 2.24) is 5.16 Å². The van der Waals surface area contributed by atoms with Crippen molar-refractivity contribution in [3.63, 3.8) is 0 Å². The molecule has 0 bridgehead atoms. The summed E-state index contributed by atoms with van der Waals surface area (Å²) in [5.41, 5.74) is 2.53. The first-order valence-corrected chi connectivity index (χ1v) is 7.02. The van der Waals surface area contributed by atoms with Crippen LogP contribution in [0.2, 0.25) is 0 Å². The molecule has 2 heterocycles. The minimum absolute atomic E-state index is 0.163. The van der Waals surface area contributed by atoms with E-state index in [1.165, 1.54) is 11.6 Å².